The predicted octanol–water partition coefficient (Wildman–Crippen LogP) is 2.62. The van der Waals surface area contributed by atoms with Crippen LogP contribution < -0.4 is 5.32 Å². The molecule has 0 bridgehead atoms. The third kappa shape index (κ3) is 3.57. The second-order valence-electron chi connectivity index (χ2n) is 4.43. The van der Waals surface area contributed by atoms with Crippen LogP contribution in [-0.4, -0.2) is 16.3 Å². The monoisotopic (exact) mass is 241 g/mol. The Balaban J connectivity index is 1.74. The van der Waals surface area contributed by atoms with E-state index in [2.05, 4.69) is 48.2 Å². The molecule has 1 N–H and O–H groups in total. The molecule has 0 aliphatic carbocycles. The van der Waals surface area contributed by atoms with Crippen molar-refractivity contribution in [2.75, 3.05) is 6.54 Å². The molecule has 0 amide bonds. The molecule has 2 aromatic rings. The molecule has 0 saturated carbocycles. The van der Waals surface area contributed by atoms with Crippen molar-refractivity contribution in [1.29, 1.82) is 0 Å². The average Bonchev–Trinajstić information content (AvgIpc) is 2.83. The third-order valence-corrected chi connectivity index (χ3v) is 2.84. The molecule has 1 heterocycles. The lowest BCUT2D eigenvalue weighted by atomic mass is 10.1. The van der Waals surface area contributed by atoms with Gasteiger partial charge in [0.05, 0.1) is 6.20 Å². The number of nitrogens with one attached hydrogen (secondary N) is 1. The van der Waals surface area contributed by atoms with Gasteiger partial charge in [-0.2, -0.15) is 5.10 Å². The van der Waals surface area contributed by atoms with Crippen molar-refractivity contribution in [2.45, 2.75) is 19.9 Å². The zero-order valence-corrected chi connectivity index (χ0v) is 10.8. The van der Waals surface area contributed by atoms with Gasteiger partial charge >= 0.3 is 0 Å². The van der Waals surface area contributed by atoms with E-state index >= 15 is 0 Å². The zero-order valence-electron chi connectivity index (χ0n) is 10.8. The highest BCUT2D eigenvalue weighted by atomic mass is 15.2. The maximum absolute atomic E-state index is 4.14. The quantitative estimate of drug-likeness (QED) is 0.788. The van der Waals surface area contributed by atoms with Crippen LogP contribution in [0.3, 0.4) is 0 Å². The molecule has 3 heteroatoms. The van der Waals surface area contributed by atoms with Gasteiger partial charge in [-0.15, -0.1) is 0 Å². The number of hydrogen-bond acceptors (Lipinski definition) is 2. The Morgan fingerprint density at radius 2 is 2.28 bits per heavy atom. The highest BCUT2D eigenvalue weighted by Gasteiger charge is 1.97. The number of nitrogens with zero attached hydrogens (tertiary/aromatic N) is 2. The Kier molecular flexibility index (Phi) is 4.31. The average molecular weight is 241 g/mol. The van der Waals surface area contributed by atoms with Crippen LogP contribution in [0.4, 0.5) is 0 Å². The van der Waals surface area contributed by atoms with Gasteiger partial charge in [0, 0.05) is 24.5 Å². The second kappa shape index (κ2) is 6.17. The molecule has 3 nitrogen and oxygen atoms in total. The first-order valence-electron chi connectivity index (χ1n) is 6.20. The molecular weight excluding hydrogens is 222 g/mol. The summed E-state index contributed by atoms with van der Waals surface area (Å²) in [4.78, 5) is 0. The van der Waals surface area contributed by atoms with Crippen LogP contribution in [0, 0.1) is 6.92 Å². The van der Waals surface area contributed by atoms with Crippen LogP contribution in [0.15, 0.2) is 43.2 Å². The normalized spacial score (nSPS) is 10.5. The van der Waals surface area contributed by atoms with Gasteiger partial charge in [0.1, 0.15) is 0 Å². The summed E-state index contributed by atoms with van der Waals surface area (Å²) in [6.07, 6.45) is 6.58. The molecule has 1 aromatic heterocycles. The summed E-state index contributed by atoms with van der Waals surface area (Å²) >= 11 is 0. The molecule has 0 saturated heterocycles. The fourth-order valence-electron chi connectivity index (χ4n) is 1.90. The van der Waals surface area contributed by atoms with E-state index in [4.69, 9.17) is 0 Å². The van der Waals surface area contributed by atoms with E-state index in [1.165, 1.54) is 16.7 Å². The van der Waals surface area contributed by atoms with E-state index < -0.39 is 0 Å². The lowest BCUT2D eigenvalue weighted by molar-refractivity contribution is 0.687. The molecule has 0 unspecified atom stereocenters. The minimum Gasteiger partial charge on any atom is -0.312 e. The minimum atomic E-state index is 0.847. The first-order chi connectivity index (χ1) is 8.78. The summed E-state index contributed by atoms with van der Waals surface area (Å²) in [6, 6.07) is 8.64. The van der Waals surface area contributed by atoms with Gasteiger partial charge in [-0.05, 0) is 25.5 Å². The molecule has 0 spiro atoms. The van der Waals surface area contributed by atoms with E-state index in [1.54, 1.807) is 10.9 Å². The lowest BCUT2D eigenvalue weighted by Crippen LogP contribution is -2.16. The first-order valence-corrected chi connectivity index (χ1v) is 6.20. The molecule has 0 aliphatic heterocycles. The molecule has 0 radical (unpaired) electrons. The van der Waals surface area contributed by atoms with E-state index in [-0.39, 0.29) is 0 Å². The van der Waals surface area contributed by atoms with Crippen molar-refractivity contribution in [2.24, 2.45) is 0 Å². The largest absolute Gasteiger partial charge is 0.312 e. The number of hydrogen-bond donors (Lipinski definition) is 1. The molecule has 2 rings (SSSR count). The van der Waals surface area contributed by atoms with Gasteiger partial charge in [-0.3, -0.25) is 0 Å². The van der Waals surface area contributed by atoms with Crippen LogP contribution in [0.2, 0.25) is 0 Å². The Morgan fingerprint density at radius 3 is 3.00 bits per heavy atom. The maximum Gasteiger partial charge on any atom is 0.0538 e. The van der Waals surface area contributed by atoms with Crippen molar-refractivity contribution in [3.63, 3.8) is 0 Å². The summed E-state index contributed by atoms with van der Waals surface area (Å²) in [6.45, 7) is 7.62. The standard InChI is InChI=1S/C15H19N3/c1-3-18-12-15(11-17-18)10-16-8-7-14-6-4-5-13(2)9-14/h3-6,9,11-12,16H,1,7-8,10H2,2H3. The van der Waals surface area contributed by atoms with Crippen LogP contribution in [0.25, 0.3) is 6.20 Å². The second-order valence-corrected chi connectivity index (χ2v) is 4.43. The Hall–Kier alpha value is -1.87. The van der Waals surface area contributed by atoms with E-state index in [0.29, 0.717) is 0 Å². The highest BCUT2D eigenvalue weighted by Crippen LogP contribution is 2.04. The molecule has 0 fully saturated rings. The highest BCUT2D eigenvalue weighted by molar-refractivity contribution is 5.22. The van der Waals surface area contributed by atoms with Crippen LogP contribution in [0.5, 0.6) is 0 Å². The maximum atomic E-state index is 4.14. The van der Waals surface area contributed by atoms with Gasteiger partial charge in [-0.1, -0.05) is 36.4 Å². The smallest absolute Gasteiger partial charge is 0.0538 e. The number of aromatic nitrogens is 2. The topological polar surface area (TPSA) is 29.9 Å². The SMILES string of the molecule is C=Cn1cc(CNCCc2cccc(C)c2)cn1. The molecular formula is C15H19N3. The number of benzene rings is 1. The fourth-order valence-corrected chi connectivity index (χ4v) is 1.90. The molecule has 0 aliphatic rings. The van der Waals surface area contributed by atoms with Crippen molar-refractivity contribution < 1.29 is 0 Å². The van der Waals surface area contributed by atoms with Crippen molar-refractivity contribution >= 4 is 6.20 Å². The number of rotatable bonds is 6. The first kappa shape index (κ1) is 12.6. The van der Waals surface area contributed by atoms with Gasteiger partial charge in [0.2, 0.25) is 0 Å². The Morgan fingerprint density at radius 1 is 1.39 bits per heavy atom. The predicted molar refractivity (Wildman–Crippen MR) is 75.2 cm³/mol. The summed E-state index contributed by atoms with van der Waals surface area (Å²) < 4.78 is 1.72. The van der Waals surface area contributed by atoms with Crippen LogP contribution >= 0.6 is 0 Å². The molecule has 1 aromatic carbocycles. The summed E-state index contributed by atoms with van der Waals surface area (Å²) in [5.41, 5.74) is 3.88. The fraction of sp³-hybridized carbons (Fsp3) is 0.267. The molecule has 18 heavy (non-hydrogen) atoms. The van der Waals surface area contributed by atoms with Crippen LogP contribution in [0.1, 0.15) is 16.7 Å². The Bertz CT molecular complexity index is 514. The van der Waals surface area contributed by atoms with E-state index in [1.807, 2.05) is 12.4 Å². The van der Waals surface area contributed by atoms with Gasteiger partial charge < -0.3 is 5.32 Å². The lowest BCUT2D eigenvalue weighted by Gasteiger charge is -2.04. The van der Waals surface area contributed by atoms with Crippen molar-refractivity contribution in [1.82, 2.24) is 15.1 Å². The van der Waals surface area contributed by atoms with Crippen LogP contribution in [-0.2, 0) is 13.0 Å². The van der Waals surface area contributed by atoms with Gasteiger partial charge in [0.15, 0.2) is 0 Å². The minimum absolute atomic E-state index is 0.847. The zero-order chi connectivity index (χ0) is 12.8. The summed E-state index contributed by atoms with van der Waals surface area (Å²) in [5.74, 6) is 0. The molecule has 94 valence electrons. The third-order valence-electron chi connectivity index (χ3n) is 2.84. The Labute approximate surface area is 108 Å². The summed E-state index contributed by atoms with van der Waals surface area (Å²) in [7, 11) is 0. The van der Waals surface area contributed by atoms with Gasteiger partial charge in [-0.25, -0.2) is 4.68 Å². The van der Waals surface area contributed by atoms with Crippen molar-refractivity contribution in [3.05, 3.63) is 59.9 Å². The van der Waals surface area contributed by atoms with E-state index in [9.17, 15) is 0 Å². The van der Waals surface area contributed by atoms with Gasteiger partial charge in [0.25, 0.3) is 0 Å². The van der Waals surface area contributed by atoms with Crippen molar-refractivity contribution in [3.8, 4) is 0 Å². The number of aryl methyl sites for hydroxylation is 1. The summed E-state index contributed by atoms with van der Waals surface area (Å²) in [5, 5.41) is 7.56. The molecule has 0 atom stereocenters. The van der Waals surface area contributed by atoms with E-state index in [0.717, 1.165) is 19.5 Å².